The molecular formula is C20H13ClFNO3S3. The van der Waals surface area contributed by atoms with Crippen LogP contribution < -0.4 is 0 Å². The van der Waals surface area contributed by atoms with Gasteiger partial charge < -0.3 is 4.42 Å². The maximum Gasteiger partial charge on any atom is 0.238 e. The van der Waals surface area contributed by atoms with Crippen LogP contribution in [-0.2, 0) is 15.6 Å². The Labute approximate surface area is 180 Å². The molecule has 0 aliphatic heterocycles. The average Bonchev–Trinajstić information content (AvgIpc) is 3.38. The van der Waals surface area contributed by atoms with Gasteiger partial charge in [-0.25, -0.2) is 12.8 Å². The number of rotatable bonds is 6. The standard InChI is InChI=1S/C20H13ClFNO3S3/c21-14-7-9-15(10-8-14)29(24,25)19-20(26-18(23-19)17-6-3-11-27-17)28-12-13-4-1-2-5-16(13)22/h1-11H,12H2. The van der Waals surface area contributed by atoms with Crippen LogP contribution >= 0.6 is 34.7 Å². The van der Waals surface area contributed by atoms with E-state index >= 15 is 0 Å². The van der Waals surface area contributed by atoms with E-state index in [1.807, 2.05) is 11.4 Å². The second-order valence-electron chi connectivity index (χ2n) is 5.93. The van der Waals surface area contributed by atoms with E-state index in [1.165, 1.54) is 41.7 Å². The van der Waals surface area contributed by atoms with Gasteiger partial charge >= 0.3 is 0 Å². The minimum atomic E-state index is -3.94. The van der Waals surface area contributed by atoms with Crippen LogP contribution in [0.5, 0.6) is 0 Å². The molecule has 4 rings (SSSR count). The minimum absolute atomic E-state index is 0.0562. The van der Waals surface area contributed by atoms with Gasteiger partial charge in [0.2, 0.25) is 25.8 Å². The van der Waals surface area contributed by atoms with E-state index in [0.717, 1.165) is 11.8 Å². The molecule has 0 bridgehead atoms. The number of hydrogen-bond donors (Lipinski definition) is 0. The number of nitrogens with zero attached hydrogens (tertiary/aromatic N) is 1. The zero-order chi connectivity index (χ0) is 20.4. The normalized spacial score (nSPS) is 11.7. The lowest BCUT2D eigenvalue weighted by Crippen LogP contribution is -2.04. The molecule has 0 saturated heterocycles. The third kappa shape index (κ3) is 4.25. The maximum atomic E-state index is 14.0. The molecule has 0 unspecified atom stereocenters. The molecule has 0 radical (unpaired) electrons. The summed E-state index contributed by atoms with van der Waals surface area (Å²) in [7, 11) is -3.94. The van der Waals surface area contributed by atoms with E-state index in [9.17, 15) is 12.8 Å². The summed E-state index contributed by atoms with van der Waals surface area (Å²) in [4.78, 5) is 5.03. The molecule has 0 fully saturated rings. The molecule has 2 aromatic carbocycles. The van der Waals surface area contributed by atoms with Crippen LogP contribution in [-0.4, -0.2) is 13.4 Å². The number of hydrogen-bond acceptors (Lipinski definition) is 6. The lowest BCUT2D eigenvalue weighted by Gasteiger charge is -2.04. The van der Waals surface area contributed by atoms with E-state index in [2.05, 4.69) is 4.98 Å². The fraction of sp³-hybridized carbons (Fsp3) is 0.0500. The van der Waals surface area contributed by atoms with Crippen molar-refractivity contribution in [1.82, 2.24) is 4.98 Å². The Bertz CT molecular complexity index is 1240. The zero-order valence-corrected chi connectivity index (χ0v) is 17.9. The maximum absolute atomic E-state index is 14.0. The van der Waals surface area contributed by atoms with E-state index in [-0.39, 0.29) is 32.5 Å². The van der Waals surface area contributed by atoms with Gasteiger partial charge in [-0.15, -0.1) is 11.3 Å². The molecule has 0 aliphatic carbocycles. The second-order valence-corrected chi connectivity index (χ2v) is 10.1. The fourth-order valence-electron chi connectivity index (χ4n) is 2.54. The Kier molecular flexibility index (Phi) is 5.78. The Hall–Kier alpha value is -2.13. The zero-order valence-electron chi connectivity index (χ0n) is 14.7. The molecule has 0 N–H and O–H groups in total. The number of sulfone groups is 1. The number of thioether (sulfide) groups is 1. The van der Waals surface area contributed by atoms with Crippen molar-refractivity contribution in [2.45, 2.75) is 20.8 Å². The van der Waals surface area contributed by atoms with Gasteiger partial charge in [0.05, 0.1) is 9.77 Å². The molecule has 9 heteroatoms. The Morgan fingerprint density at radius 3 is 2.52 bits per heavy atom. The first kappa shape index (κ1) is 20.2. The fourth-order valence-corrected chi connectivity index (χ4v) is 5.83. The highest BCUT2D eigenvalue weighted by atomic mass is 35.5. The van der Waals surface area contributed by atoms with Crippen molar-refractivity contribution in [3.05, 3.63) is 82.4 Å². The van der Waals surface area contributed by atoms with Crippen molar-refractivity contribution >= 4 is 44.5 Å². The third-order valence-corrected chi connectivity index (χ3v) is 7.91. The summed E-state index contributed by atoms with van der Waals surface area (Å²) in [5.41, 5.74) is 0.446. The van der Waals surface area contributed by atoms with Gasteiger partial charge in [-0.3, -0.25) is 0 Å². The molecule has 29 heavy (non-hydrogen) atoms. The predicted octanol–water partition coefficient (Wildman–Crippen LogP) is 6.32. The van der Waals surface area contributed by atoms with Gasteiger partial charge in [-0.05, 0) is 47.3 Å². The number of thiophene rings is 1. The smallest absolute Gasteiger partial charge is 0.238 e. The van der Waals surface area contributed by atoms with Crippen molar-refractivity contribution < 1.29 is 17.2 Å². The van der Waals surface area contributed by atoms with Crippen LogP contribution in [0.15, 0.2) is 85.5 Å². The second kappa shape index (κ2) is 8.31. The highest BCUT2D eigenvalue weighted by Crippen LogP contribution is 2.37. The van der Waals surface area contributed by atoms with E-state index < -0.39 is 9.84 Å². The number of benzene rings is 2. The molecular weight excluding hydrogens is 453 g/mol. The summed E-state index contributed by atoms with van der Waals surface area (Å²) in [6.07, 6.45) is 0. The summed E-state index contributed by atoms with van der Waals surface area (Å²) >= 11 is 8.35. The van der Waals surface area contributed by atoms with Crippen LogP contribution in [0.1, 0.15) is 5.56 Å². The van der Waals surface area contributed by atoms with Crippen molar-refractivity contribution in [2.24, 2.45) is 0 Å². The Balaban J connectivity index is 1.75. The van der Waals surface area contributed by atoms with Gasteiger partial charge in [0.1, 0.15) is 5.82 Å². The Morgan fingerprint density at radius 2 is 1.83 bits per heavy atom. The molecule has 0 amide bonds. The van der Waals surface area contributed by atoms with Gasteiger partial charge in [0, 0.05) is 10.8 Å². The number of aromatic nitrogens is 1. The first-order chi connectivity index (χ1) is 13.9. The minimum Gasteiger partial charge on any atom is -0.428 e. The van der Waals surface area contributed by atoms with Gasteiger partial charge in [-0.2, -0.15) is 4.98 Å². The lowest BCUT2D eigenvalue weighted by molar-refractivity contribution is 0.471. The van der Waals surface area contributed by atoms with E-state index in [4.69, 9.17) is 16.0 Å². The van der Waals surface area contributed by atoms with Gasteiger partial charge in [-0.1, -0.05) is 47.6 Å². The van der Waals surface area contributed by atoms with Gasteiger partial charge in [0.25, 0.3) is 0 Å². The van der Waals surface area contributed by atoms with Crippen molar-refractivity contribution in [1.29, 1.82) is 0 Å². The van der Waals surface area contributed by atoms with Crippen LogP contribution in [0.2, 0.25) is 5.02 Å². The third-order valence-electron chi connectivity index (χ3n) is 3.99. The highest BCUT2D eigenvalue weighted by Gasteiger charge is 2.29. The topological polar surface area (TPSA) is 60.2 Å². The summed E-state index contributed by atoms with van der Waals surface area (Å²) < 4.78 is 46.1. The molecule has 4 nitrogen and oxygen atoms in total. The molecule has 0 spiro atoms. The quantitative estimate of drug-likeness (QED) is 0.312. The molecule has 2 aromatic heterocycles. The first-order valence-corrected chi connectivity index (χ1v) is 12.1. The number of halogens is 2. The van der Waals surface area contributed by atoms with Crippen LogP contribution in [0.3, 0.4) is 0 Å². The Morgan fingerprint density at radius 1 is 1.07 bits per heavy atom. The monoisotopic (exact) mass is 465 g/mol. The molecule has 0 atom stereocenters. The SMILES string of the molecule is O=S(=O)(c1ccc(Cl)cc1)c1nc(-c2cccs2)oc1SCc1ccccc1F. The van der Waals surface area contributed by atoms with Crippen LogP contribution in [0.25, 0.3) is 10.8 Å². The van der Waals surface area contributed by atoms with Crippen LogP contribution in [0.4, 0.5) is 4.39 Å². The summed E-state index contributed by atoms with van der Waals surface area (Å²) in [6.45, 7) is 0. The van der Waals surface area contributed by atoms with Crippen LogP contribution in [0, 0.1) is 5.82 Å². The molecule has 2 heterocycles. The molecule has 4 aromatic rings. The molecule has 0 aliphatic rings. The van der Waals surface area contributed by atoms with Crippen molar-refractivity contribution in [3.8, 4) is 10.8 Å². The molecule has 148 valence electrons. The van der Waals surface area contributed by atoms with Gasteiger partial charge in [0.15, 0.2) is 0 Å². The average molecular weight is 466 g/mol. The summed E-state index contributed by atoms with van der Waals surface area (Å²) in [6, 6.07) is 15.8. The van der Waals surface area contributed by atoms with Crippen molar-refractivity contribution in [2.75, 3.05) is 0 Å². The van der Waals surface area contributed by atoms with E-state index in [0.29, 0.717) is 15.5 Å². The summed E-state index contributed by atoms with van der Waals surface area (Å²) in [5.74, 6) is 0.0539. The largest absolute Gasteiger partial charge is 0.428 e. The predicted molar refractivity (Wildman–Crippen MR) is 113 cm³/mol. The highest BCUT2D eigenvalue weighted by molar-refractivity contribution is 7.99. The first-order valence-electron chi connectivity index (χ1n) is 8.37. The van der Waals surface area contributed by atoms with Crippen molar-refractivity contribution in [3.63, 3.8) is 0 Å². The van der Waals surface area contributed by atoms with E-state index in [1.54, 1.807) is 24.3 Å². The number of oxazole rings is 1. The summed E-state index contributed by atoms with van der Waals surface area (Å²) in [5, 5.41) is 2.20. The lowest BCUT2D eigenvalue weighted by atomic mass is 10.2. The molecule has 0 saturated carbocycles.